The van der Waals surface area contributed by atoms with Crippen molar-refractivity contribution in [1.29, 1.82) is 0 Å². The van der Waals surface area contributed by atoms with Gasteiger partial charge < -0.3 is 4.79 Å². The predicted octanol–water partition coefficient (Wildman–Crippen LogP) is 2.49. The van der Waals surface area contributed by atoms with Crippen LogP contribution in [0.1, 0.15) is 26.7 Å². The molecule has 0 heterocycles. The van der Waals surface area contributed by atoms with Crippen LogP contribution in [-0.2, 0) is 4.79 Å². The summed E-state index contributed by atoms with van der Waals surface area (Å²) in [6.45, 7) is 4.35. The van der Waals surface area contributed by atoms with E-state index in [4.69, 9.17) is 0 Å². The highest BCUT2D eigenvalue weighted by molar-refractivity contribution is 5.50. The highest BCUT2D eigenvalue weighted by Gasteiger charge is 2.21. The molecule has 11 heavy (non-hydrogen) atoms. The number of hydrogen-bond donors (Lipinski definition) is 0. The van der Waals surface area contributed by atoms with E-state index in [2.05, 4.69) is 32.1 Å². The van der Waals surface area contributed by atoms with Crippen molar-refractivity contribution in [2.24, 2.45) is 5.41 Å². The van der Waals surface area contributed by atoms with Gasteiger partial charge in [0.1, 0.15) is 6.29 Å². The molecule has 1 nitrogen and oxygen atoms in total. The second-order valence-electron chi connectivity index (χ2n) is 3.48. The first-order valence-corrected chi connectivity index (χ1v) is 3.99. The van der Waals surface area contributed by atoms with Crippen molar-refractivity contribution in [3.8, 4) is 0 Å². The fourth-order valence-corrected chi connectivity index (χ4v) is 1.35. The Morgan fingerprint density at radius 2 is 2.27 bits per heavy atom. The van der Waals surface area contributed by atoms with Crippen molar-refractivity contribution < 1.29 is 4.79 Å². The molecule has 1 rings (SSSR count). The van der Waals surface area contributed by atoms with E-state index in [0.29, 0.717) is 6.42 Å². The maximum atomic E-state index is 10.1. The molecule has 0 radical (unpaired) electrons. The van der Waals surface area contributed by atoms with Gasteiger partial charge in [0.2, 0.25) is 0 Å². The third-order valence-corrected chi connectivity index (χ3v) is 2.17. The zero-order valence-electron chi connectivity index (χ0n) is 7.13. The van der Waals surface area contributed by atoms with E-state index in [1.54, 1.807) is 0 Å². The Labute approximate surface area is 67.8 Å². The van der Waals surface area contributed by atoms with Crippen LogP contribution in [0.3, 0.4) is 0 Å². The van der Waals surface area contributed by atoms with Gasteiger partial charge in [-0.25, -0.2) is 0 Å². The van der Waals surface area contributed by atoms with Gasteiger partial charge in [0.15, 0.2) is 0 Å². The summed E-state index contributed by atoms with van der Waals surface area (Å²) in [5.41, 5.74) is 1.55. The highest BCUT2D eigenvalue weighted by Crippen LogP contribution is 2.34. The van der Waals surface area contributed by atoms with E-state index in [-0.39, 0.29) is 5.41 Å². The predicted molar refractivity (Wildman–Crippen MR) is 46.3 cm³/mol. The van der Waals surface area contributed by atoms with Crippen molar-refractivity contribution >= 4 is 6.29 Å². The van der Waals surface area contributed by atoms with Crippen LogP contribution in [0.2, 0.25) is 0 Å². The van der Waals surface area contributed by atoms with E-state index < -0.39 is 0 Å². The number of carbonyl (C=O) groups is 1. The van der Waals surface area contributed by atoms with Crippen molar-refractivity contribution in [1.82, 2.24) is 0 Å². The second kappa shape index (κ2) is 3.04. The van der Waals surface area contributed by atoms with Gasteiger partial charge in [-0.1, -0.05) is 37.6 Å². The van der Waals surface area contributed by atoms with Crippen molar-refractivity contribution in [3.63, 3.8) is 0 Å². The van der Waals surface area contributed by atoms with E-state index >= 15 is 0 Å². The van der Waals surface area contributed by atoms with Crippen LogP contribution in [0.4, 0.5) is 0 Å². The molecule has 0 aromatic heterocycles. The topological polar surface area (TPSA) is 17.1 Å². The summed E-state index contributed by atoms with van der Waals surface area (Å²) in [5, 5.41) is 0. The molecule has 0 saturated heterocycles. The summed E-state index contributed by atoms with van der Waals surface area (Å²) >= 11 is 0. The van der Waals surface area contributed by atoms with E-state index in [1.165, 1.54) is 5.57 Å². The van der Waals surface area contributed by atoms with Gasteiger partial charge in [-0.05, 0) is 6.42 Å². The van der Waals surface area contributed by atoms with Crippen LogP contribution in [0.5, 0.6) is 0 Å². The summed E-state index contributed by atoms with van der Waals surface area (Å²) < 4.78 is 0. The largest absolute Gasteiger partial charge is 0.303 e. The van der Waals surface area contributed by atoms with E-state index in [0.717, 1.165) is 12.7 Å². The van der Waals surface area contributed by atoms with Crippen molar-refractivity contribution in [3.05, 3.63) is 23.8 Å². The lowest BCUT2D eigenvalue weighted by Gasteiger charge is -2.19. The molecule has 0 spiro atoms. The maximum absolute atomic E-state index is 10.1. The third-order valence-electron chi connectivity index (χ3n) is 2.17. The first kappa shape index (κ1) is 8.25. The molecule has 1 heteroatoms. The summed E-state index contributed by atoms with van der Waals surface area (Å²) in [6, 6.07) is 0. The molecular formula is C10H14O. The van der Waals surface area contributed by atoms with Gasteiger partial charge in [-0.2, -0.15) is 0 Å². The number of carbonyl (C=O) groups excluding carboxylic acids is 1. The van der Waals surface area contributed by atoms with Crippen molar-refractivity contribution in [2.75, 3.05) is 0 Å². The molecule has 0 bridgehead atoms. The fourth-order valence-electron chi connectivity index (χ4n) is 1.35. The molecule has 0 aromatic rings. The molecule has 0 amide bonds. The lowest BCUT2D eigenvalue weighted by Crippen LogP contribution is -2.08. The van der Waals surface area contributed by atoms with Crippen LogP contribution >= 0.6 is 0 Å². The number of rotatable bonds is 3. The first-order valence-electron chi connectivity index (χ1n) is 3.99. The van der Waals surface area contributed by atoms with Gasteiger partial charge in [0, 0.05) is 11.8 Å². The average Bonchev–Trinajstić information content (AvgIpc) is 2.25. The Hall–Kier alpha value is -0.850. The molecule has 0 fully saturated rings. The van der Waals surface area contributed by atoms with Gasteiger partial charge in [-0.15, -0.1) is 0 Å². The lowest BCUT2D eigenvalue weighted by molar-refractivity contribution is -0.107. The Morgan fingerprint density at radius 3 is 2.73 bits per heavy atom. The highest BCUT2D eigenvalue weighted by atomic mass is 16.1. The SMILES string of the molecule is CC1(C)C=CC=C1CCC=O. The molecule has 0 saturated carbocycles. The molecule has 0 aromatic carbocycles. The minimum atomic E-state index is 0.184. The number of hydrogen-bond acceptors (Lipinski definition) is 1. The zero-order chi connectivity index (χ0) is 8.32. The van der Waals surface area contributed by atoms with Gasteiger partial charge in [0.05, 0.1) is 0 Å². The summed E-state index contributed by atoms with van der Waals surface area (Å²) in [7, 11) is 0. The quantitative estimate of drug-likeness (QED) is 0.565. The van der Waals surface area contributed by atoms with Crippen LogP contribution < -0.4 is 0 Å². The number of allylic oxidation sites excluding steroid dienone is 4. The van der Waals surface area contributed by atoms with Crippen LogP contribution in [0.25, 0.3) is 0 Å². The number of aldehydes is 1. The summed E-state index contributed by atoms with van der Waals surface area (Å²) in [4.78, 5) is 10.1. The normalized spacial score (nSPS) is 20.0. The first-order chi connectivity index (χ1) is 5.17. The summed E-state index contributed by atoms with van der Waals surface area (Å²) in [5.74, 6) is 0. The van der Waals surface area contributed by atoms with E-state index in [1.807, 2.05) is 0 Å². The third kappa shape index (κ3) is 1.79. The zero-order valence-corrected chi connectivity index (χ0v) is 7.13. The Kier molecular flexibility index (Phi) is 2.28. The second-order valence-corrected chi connectivity index (χ2v) is 3.48. The van der Waals surface area contributed by atoms with Crippen molar-refractivity contribution in [2.45, 2.75) is 26.7 Å². The standard InChI is InChI=1S/C10H14O/c1-10(2)7-3-5-9(10)6-4-8-11/h3,5,7-8H,4,6H2,1-2H3. The minimum absolute atomic E-state index is 0.184. The van der Waals surface area contributed by atoms with Crippen LogP contribution in [0, 0.1) is 5.41 Å². The Bertz CT molecular complexity index is 209. The van der Waals surface area contributed by atoms with E-state index in [9.17, 15) is 4.79 Å². The average molecular weight is 150 g/mol. The maximum Gasteiger partial charge on any atom is 0.120 e. The lowest BCUT2D eigenvalue weighted by atomic mass is 9.85. The molecule has 0 N–H and O–H groups in total. The smallest absolute Gasteiger partial charge is 0.120 e. The van der Waals surface area contributed by atoms with Crippen LogP contribution in [-0.4, -0.2) is 6.29 Å². The van der Waals surface area contributed by atoms with Crippen LogP contribution in [0.15, 0.2) is 23.8 Å². The monoisotopic (exact) mass is 150 g/mol. The van der Waals surface area contributed by atoms with Gasteiger partial charge >= 0.3 is 0 Å². The molecule has 0 atom stereocenters. The fraction of sp³-hybridized carbons (Fsp3) is 0.500. The minimum Gasteiger partial charge on any atom is -0.303 e. The molecule has 0 unspecified atom stereocenters. The molecule has 1 aliphatic carbocycles. The Balaban J connectivity index is 2.54. The van der Waals surface area contributed by atoms with Gasteiger partial charge in [0.25, 0.3) is 0 Å². The Morgan fingerprint density at radius 1 is 1.55 bits per heavy atom. The molecule has 0 aliphatic heterocycles. The summed E-state index contributed by atoms with van der Waals surface area (Å²) in [6.07, 6.45) is 8.90. The molecule has 1 aliphatic rings. The molecule has 60 valence electrons. The van der Waals surface area contributed by atoms with Gasteiger partial charge in [-0.3, -0.25) is 0 Å². The molecular weight excluding hydrogens is 136 g/mol.